The maximum absolute atomic E-state index is 4.31. The van der Waals surface area contributed by atoms with E-state index in [1.54, 1.807) is 6.20 Å². The normalized spacial score (nSPS) is 17.5. The maximum Gasteiger partial charge on any atom is 0.130 e. The van der Waals surface area contributed by atoms with E-state index in [9.17, 15) is 0 Å². The van der Waals surface area contributed by atoms with E-state index in [1.165, 1.54) is 25.9 Å². The van der Waals surface area contributed by atoms with Crippen molar-refractivity contribution in [2.45, 2.75) is 19.3 Å². The van der Waals surface area contributed by atoms with Gasteiger partial charge in [-0.2, -0.15) is 0 Å². The van der Waals surface area contributed by atoms with E-state index in [0.717, 1.165) is 23.4 Å². The lowest BCUT2D eigenvalue weighted by Crippen LogP contribution is -2.22. The van der Waals surface area contributed by atoms with Gasteiger partial charge in [-0.15, -0.1) is 0 Å². The third kappa shape index (κ3) is 2.75. The number of likely N-dealkylation sites (tertiary alicyclic amines) is 1. The van der Waals surface area contributed by atoms with Crippen LogP contribution in [0.15, 0.2) is 16.9 Å². The summed E-state index contributed by atoms with van der Waals surface area (Å²) in [6.45, 7) is 3.58. The smallest absolute Gasteiger partial charge is 0.130 e. The Morgan fingerprint density at radius 1 is 1.36 bits per heavy atom. The van der Waals surface area contributed by atoms with Gasteiger partial charge in [-0.05, 0) is 47.9 Å². The zero-order valence-corrected chi connectivity index (χ0v) is 9.70. The van der Waals surface area contributed by atoms with Gasteiger partial charge in [0.15, 0.2) is 0 Å². The lowest BCUT2D eigenvalue weighted by atomic mass is 10.3. The first-order chi connectivity index (χ1) is 6.84. The highest BCUT2D eigenvalue weighted by molar-refractivity contribution is 9.10. The SMILES string of the molecule is Brc1ccnc(CCN2CCCC2)n1. The van der Waals surface area contributed by atoms with Crippen LogP contribution in [0.25, 0.3) is 0 Å². The Morgan fingerprint density at radius 2 is 2.14 bits per heavy atom. The lowest BCUT2D eigenvalue weighted by Gasteiger charge is -2.13. The summed E-state index contributed by atoms with van der Waals surface area (Å²) in [6, 6.07) is 1.86. The van der Waals surface area contributed by atoms with Gasteiger partial charge in [-0.3, -0.25) is 0 Å². The summed E-state index contributed by atoms with van der Waals surface area (Å²) in [5, 5.41) is 0. The second-order valence-electron chi connectivity index (χ2n) is 3.59. The molecule has 1 fully saturated rings. The molecule has 0 aromatic carbocycles. The molecule has 1 saturated heterocycles. The summed E-state index contributed by atoms with van der Waals surface area (Å²) in [7, 11) is 0. The van der Waals surface area contributed by atoms with E-state index < -0.39 is 0 Å². The third-order valence-electron chi connectivity index (χ3n) is 2.52. The van der Waals surface area contributed by atoms with Crippen LogP contribution in [0.5, 0.6) is 0 Å². The summed E-state index contributed by atoms with van der Waals surface area (Å²) in [4.78, 5) is 11.0. The molecule has 0 spiro atoms. The van der Waals surface area contributed by atoms with Gasteiger partial charge in [0.1, 0.15) is 10.4 Å². The number of hydrogen-bond acceptors (Lipinski definition) is 3. The maximum atomic E-state index is 4.31. The van der Waals surface area contributed by atoms with Crippen molar-refractivity contribution in [1.82, 2.24) is 14.9 Å². The van der Waals surface area contributed by atoms with Crippen LogP contribution >= 0.6 is 15.9 Å². The van der Waals surface area contributed by atoms with Crippen LogP contribution < -0.4 is 0 Å². The van der Waals surface area contributed by atoms with E-state index in [0.29, 0.717) is 0 Å². The molecule has 1 aromatic heterocycles. The molecule has 4 heteroatoms. The topological polar surface area (TPSA) is 29.0 Å². The van der Waals surface area contributed by atoms with Crippen LogP contribution in [-0.4, -0.2) is 34.5 Å². The van der Waals surface area contributed by atoms with Gasteiger partial charge in [-0.25, -0.2) is 9.97 Å². The van der Waals surface area contributed by atoms with Gasteiger partial charge in [0.05, 0.1) is 0 Å². The van der Waals surface area contributed by atoms with E-state index >= 15 is 0 Å². The first-order valence-corrected chi connectivity index (χ1v) is 5.84. The summed E-state index contributed by atoms with van der Waals surface area (Å²) in [6.07, 6.45) is 5.45. The molecule has 0 N–H and O–H groups in total. The van der Waals surface area contributed by atoms with Crippen LogP contribution in [0.2, 0.25) is 0 Å². The van der Waals surface area contributed by atoms with Crippen molar-refractivity contribution < 1.29 is 0 Å². The average Bonchev–Trinajstić information content (AvgIpc) is 2.67. The Morgan fingerprint density at radius 3 is 2.86 bits per heavy atom. The quantitative estimate of drug-likeness (QED) is 0.773. The van der Waals surface area contributed by atoms with Crippen LogP contribution in [0.3, 0.4) is 0 Å². The first-order valence-electron chi connectivity index (χ1n) is 5.04. The molecule has 0 atom stereocenters. The highest BCUT2D eigenvalue weighted by Crippen LogP contribution is 2.09. The highest BCUT2D eigenvalue weighted by atomic mass is 79.9. The largest absolute Gasteiger partial charge is 0.303 e. The lowest BCUT2D eigenvalue weighted by molar-refractivity contribution is 0.340. The van der Waals surface area contributed by atoms with Gasteiger partial charge in [-0.1, -0.05) is 0 Å². The van der Waals surface area contributed by atoms with Gasteiger partial charge in [0.25, 0.3) is 0 Å². The minimum absolute atomic E-state index is 0.879. The fourth-order valence-corrected chi connectivity index (χ4v) is 2.08. The average molecular weight is 256 g/mol. The Bertz CT molecular complexity index is 297. The second kappa shape index (κ2) is 4.84. The number of rotatable bonds is 3. The van der Waals surface area contributed by atoms with Gasteiger partial charge < -0.3 is 4.90 Å². The van der Waals surface area contributed by atoms with Gasteiger partial charge in [0.2, 0.25) is 0 Å². The van der Waals surface area contributed by atoms with Gasteiger partial charge in [0, 0.05) is 19.2 Å². The minimum Gasteiger partial charge on any atom is -0.303 e. The van der Waals surface area contributed by atoms with Crippen LogP contribution in [-0.2, 0) is 6.42 Å². The van der Waals surface area contributed by atoms with Crippen molar-refractivity contribution in [2.75, 3.05) is 19.6 Å². The molecule has 0 bridgehead atoms. The first kappa shape index (κ1) is 10.1. The molecule has 76 valence electrons. The molecule has 0 unspecified atom stereocenters. The molecule has 0 aliphatic carbocycles. The Kier molecular flexibility index (Phi) is 3.48. The second-order valence-corrected chi connectivity index (χ2v) is 4.41. The molecule has 0 amide bonds. The van der Waals surface area contributed by atoms with Gasteiger partial charge >= 0.3 is 0 Å². The van der Waals surface area contributed by atoms with E-state index in [-0.39, 0.29) is 0 Å². The van der Waals surface area contributed by atoms with E-state index in [2.05, 4.69) is 30.8 Å². The van der Waals surface area contributed by atoms with Crippen molar-refractivity contribution in [1.29, 1.82) is 0 Å². The van der Waals surface area contributed by atoms with Crippen molar-refractivity contribution >= 4 is 15.9 Å². The molecule has 0 saturated carbocycles. The molecular formula is C10H14BrN3. The molecular weight excluding hydrogens is 242 g/mol. The fourth-order valence-electron chi connectivity index (χ4n) is 1.76. The van der Waals surface area contributed by atoms with Crippen LogP contribution in [0.4, 0.5) is 0 Å². The zero-order chi connectivity index (χ0) is 9.80. The summed E-state index contributed by atoms with van der Waals surface area (Å²) in [5.41, 5.74) is 0. The molecule has 14 heavy (non-hydrogen) atoms. The number of halogens is 1. The van der Waals surface area contributed by atoms with Crippen molar-refractivity contribution in [3.63, 3.8) is 0 Å². The molecule has 2 rings (SSSR count). The van der Waals surface area contributed by atoms with Crippen molar-refractivity contribution in [3.05, 3.63) is 22.7 Å². The molecule has 1 aliphatic rings. The predicted octanol–water partition coefficient (Wildman–Crippen LogP) is 1.88. The Labute approximate surface area is 92.7 Å². The number of nitrogens with zero attached hydrogens (tertiary/aromatic N) is 3. The molecule has 1 aliphatic heterocycles. The monoisotopic (exact) mass is 255 g/mol. The molecule has 3 nitrogen and oxygen atoms in total. The number of aromatic nitrogens is 2. The zero-order valence-electron chi connectivity index (χ0n) is 8.12. The molecule has 1 aromatic rings. The van der Waals surface area contributed by atoms with E-state index in [4.69, 9.17) is 0 Å². The third-order valence-corrected chi connectivity index (χ3v) is 2.96. The highest BCUT2D eigenvalue weighted by Gasteiger charge is 2.11. The van der Waals surface area contributed by atoms with Crippen LogP contribution in [0, 0.1) is 0 Å². The Hall–Kier alpha value is -0.480. The Balaban J connectivity index is 1.85. The van der Waals surface area contributed by atoms with E-state index in [1.807, 2.05) is 6.07 Å². The van der Waals surface area contributed by atoms with Crippen LogP contribution in [0.1, 0.15) is 18.7 Å². The summed E-state index contributed by atoms with van der Waals surface area (Å²) >= 11 is 3.35. The number of hydrogen-bond donors (Lipinski definition) is 0. The summed E-state index contributed by atoms with van der Waals surface area (Å²) in [5.74, 6) is 0.936. The summed E-state index contributed by atoms with van der Waals surface area (Å²) < 4.78 is 0.879. The standard InChI is InChI=1S/C10H14BrN3/c11-9-3-5-12-10(13-9)4-8-14-6-1-2-7-14/h3,5H,1-2,4,6-8H2. The molecule has 2 heterocycles. The fraction of sp³-hybridized carbons (Fsp3) is 0.600. The van der Waals surface area contributed by atoms with Crippen molar-refractivity contribution in [2.24, 2.45) is 0 Å². The van der Waals surface area contributed by atoms with Crippen molar-refractivity contribution in [3.8, 4) is 0 Å². The molecule has 0 radical (unpaired) electrons. The minimum atomic E-state index is 0.879. The predicted molar refractivity (Wildman–Crippen MR) is 59.1 cm³/mol.